The van der Waals surface area contributed by atoms with Crippen LogP contribution in [0, 0.1) is 0 Å². The zero-order valence-corrected chi connectivity index (χ0v) is 17.1. The minimum atomic E-state index is 0. The van der Waals surface area contributed by atoms with Crippen LogP contribution in [-0.2, 0) is 0 Å². The van der Waals surface area contributed by atoms with E-state index in [-0.39, 0.29) is 18.3 Å². The molecule has 2 aliphatic heterocycles. The first-order chi connectivity index (χ1) is 13.2. The molecule has 0 atom stereocenters. The first kappa shape index (κ1) is 20.3. The lowest BCUT2D eigenvalue weighted by atomic mass is 10.2. The number of rotatable bonds is 4. The number of amidine groups is 1. The lowest BCUT2D eigenvalue weighted by Crippen LogP contribution is -2.27. The molecule has 0 aliphatic carbocycles. The summed E-state index contributed by atoms with van der Waals surface area (Å²) in [5, 5.41) is 5.16. The van der Waals surface area contributed by atoms with E-state index in [9.17, 15) is 4.79 Å². The molecule has 1 amide bonds. The summed E-state index contributed by atoms with van der Waals surface area (Å²) in [6, 6.07) is 9.45. The second-order valence-corrected chi connectivity index (χ2v) is 7.34. The van der Waals surface area contributed by atoms with Crippen LogP contribution in [-0.4, -0.2) is 52.6 Å². The number of hydrazone groups is 1. The number of H-pyrrole nitrogens is 1. The topological polar surface area (TPSA) is 82.1 Å². The Hall–Kier alpha value is -2.45. The van der Waals surface area contributed by atoms with E-state index in [4.69, 9.17) is 4.74 Å². The van der Waals surface area contributed by atoms with E-state index in [0.29, 0.717) is 11.4 Å². The van der Waals surface area contributed by atoms with E-state index in [1.165, 1.54) is 0 Å². The second-order valence-electron chi connectivity index (χ2n) is 6.38. The largest absolute Gasteiger partial charge is 0.497 e. The van der Waals surface area contributed by atoms with E-state index < -0.39 is 0 Å². The minimum absolute atomic E-state index is 0. The Morgan fingerprint density at radius 2 is 2.11 bits per heavy atom. The summed E-state index contributed by atoms with van der Waals surface area (Å²) in [6.45, 7) is 1.69. The highest BCUT2D eigenvalue weighted by atomic mass is 35.5. The van der Waals surface area contributed by atoms with Crippen molar-refractivity contribution in [2.24, 2.45) is 10.1 Å². The molecule has 1 aromatic heterocycles. The Kier molecular flexibility index (Phi) is 6.64. The first-order valence-electron chi connectivity index (χ1n) is 8.89. The third-order valence-electron chi connectivity index (χ3n) is 4.56. The number of thioether (sulfide) groups is 1. The number of aromatic amines is 1. The summed E-state index contributed by atoms with van der Waals surface area (Å²) in [7, 11) is 1.63. The van der Waals surface area contributed by atoms with Crippen LogP contribution in [0.3, 0.4) is 0 Å². The number of carbonyl (C=O) groups excluding carboxylic acids is 1. The number of aromatic nitrogens is 1. The molecule has 3 heterocycles. The number of ether oxygens (including phenoxy) is 1. The SMILES string of the molecule is COc1cccc(N=C2NN=C(c3c[nH]c(C(=O)N4CCCC4)c3)CS2)c1.Cl. The smallest absolute Gasteiger partial charge is 0.270 e. The van der Waals surface area contributed by atoms with Crippen LogP contribution < -0.4 is 10.2 Å². The van der Waals surface area contributed by atoms with Gasteiger partial charge in [-0.05, 0) is 31.0 Å². The number of likely N-dealkylation sites (tertiary alicyclic amines) is 1. The number of methoxy groups -OCH3 is 1. The number of benzene rings is 1. The molecule has 4 rings (SSSR count). The number of aliphatic imine (C=N–C) groups is 1. The van der Waals surface area contributed by atoms with Crippen LogP contribution in [0.4, 0.5) is 5.69 Å². The van der Waals surface area contributed by atoms with Gasteiger partial charge in [0, 0.05) is 36.7 Å². The van der Waals surface area contributed by atoms with Gasteiger partial charge in [-0.3, -0.25) is 10.2 Å². The third kappa shape index (κ3) is 4.51. The van der Waals surface area contributed by atoms with Crippen molar-refractivity contribution >= 4 is 46.6 Å². The molecule has 1 saturated heterocycles. The van der Waals surface area contributed by atoms with Gasteiger partial charge in [0.25, 0.3) is 5.91 Å². The molecule has 2 aromatic rings. The average Bonchev–Trinajstić information content (AvgIpc) is 3.40. The van der Waals surface area contributed by atoms with Gasteiger partial charge in [-0.2, -0.15) is 5.10 Å². The monoisotopic (exact) mass is 419 g/mol. The summed E-state index contributed by atoms with van der Waals surface area (Å²) in [5.74, 6) is 1.52. The van der Waals surface area contributed by atoms with Gasteiger partial charge in [0.1, 0.15) is 11.4 Å². The van der Waals surface area contributed by atoms with Crippen molar-refractivity contribution in [3.8, 4) is 5.75 Å². The van der Waals surface area contributed by atoms with Crippen LogP contribution in [0.1, 0.15) is 28.9 Å². The average molecular weight is 420 g/mol. The van der Waals surface area contributed by atoms with E-state index >= 15 is 0 Å². The number of halogens is 1. The molecule has 1 aromatic carbocycles. The molecule has 0 saturated carbocycles. The van der Waals surface area contributed by atoms with Crippen molar-refractivity contribution in [1.29, 1.82) is 0 Å². The van der Waals surface area contributed by atoms with Gasteiger partial charge in [-0.25, -0.2) is 4.99 Å². The van der Waals surface area contributed by atoms with Crippen LogP contribution in [0.5, 0.6) is 5.75 Å². The van der Waals surface area contributed by atoms with E-state index in [2.05, 4.69) is 20.5 Å². The van der Waals surface area contributed by atoms with E-state index in [1.54, 1.807) is 18.9 Å². The number of hydrogen-bond acceptors (Lipinski definition) is 5. The Morgan fingerprint density at radius 1 is 1.29 bits per heavy atom. The zero-order chi connectivity index (χ0) is 18.6. The highest BCUT2D eigenvalue weighted by molar-refractivity contribution is 8.14. The molecule has 9 heteroatoms. The highest BCUT2D eigenvalue weighted by Crippen LogP contribution is 2.23. The van der Waals surface area contributed by atoms with Crippen molar-refractivity contribution in [3.63, 3.8) is 0 Å². The van der Waals surface area contributed by atoms with Gasteiger partial charge in [0.15, 0.2) is 5.17 Å². The highest BCUT2D eigenvalue weighted by Gasteiger charge is 2.22. The Balaban J connectivity index is 0.00000225. The molecular weight excluding hydrogens is 398 g/mol. The van der Waals surface area contributed by atoms with Gasteiger partial charge in [-0.15, -0.1) is 12.4 Å². The maximum atomic E-state index is 12.5. The normalized spacial score (nSPS) is 17.7. The van der Waals surface area contributed by atoms with Gasteiger partial charge in [-0.1, -0.05) is 17.8 Å². The fourth-order valence-corrected chi connectivity index (χ4v) is 3.88. The fraction of sp³-hybridized carbons (Fsp3) is 0.316. The molecular formula is C19H22ClN5O2S. The van der Waals surface area contributed by atoms with Crippen LogP contribution in [0.15, 0.2) is 46.6 Å². The predicted octanol–water partition coefficient (Wildman–Crippen LogP) is 3.41. The van der Waals surface area contributed by atoms with Crippen molar-refractivity contribution < 1.29 is 9.53 Å². The molecule has 0 bridgehead atoms. The lowest BCUT2D eigenvalue weighted by Gasteiger charge is -2.14. The van der Waals surface area contributed by atoms with E-state index in [0.717, 1.165) is 53.8 Å². The number of carbonyl (C=O) groups is 1. The molecule has 2 N–H and O–H groups in total. The standard InChI is InChI=1S/C19H21N5O2S.ClH/c1-26-15-6-4-5-14(10-15)21-19-23-22-17(12-27-19)13-9-16(20-11-13)18(25)24-7-2-3-8-24;/h4-6,9-11,20H,2-3,7-8,12H2,1H3,(H,21,23);1H. The van der Waals surface area contributed by atoms with Gasteiger partial charge in [0.05, 0.1) is 18.5 Å². The van der Waals surface area contributed by atoms with Crippen LogP contribution in [0.2, 0.25) is 0 Å². The Morgan fingerprint density at radius 3 is 2.82 bits per heavy atom. The summed E-state index contributed by atoms with van der Waals surface area (Å²) >= 11 is 1.58. The van der Waals surface area contributed by atoms with Crippen molar-refractivity contribution in [2.75, 3.05) is 26.0 Å². The maximum absolute atomic E-state index is 12.5. The lowest BCUT2D eigenvalue weighted by molar-refractivity contribution is 0.0787. The minimum Gasteiger partial charge on any atom is -0.497 e. The third-order valence-corrected chi connectivity index (χ3v) is 5.43. The predicted molar refractivity (Wildman–Crippen MR) is 115 cm³/mol. The first-order valence-corrected chi connectivity index (χ1v) is 9.88. The Bertz CT molecular complexity index is 905. The molecule has 1 fully saturated rings. The summed E-state index contributed by atoms with van der Waals surface area (Å²) in [6.07, 6.45) is 4.01. The Labute approximate surface area is 174 Å². The van der Waals surface area contributed by atoms with E-state index in [1.807, 2.05) is 41.4 Å². The van der Waals surface area contributed by atoms with Crippen molar-refractivity contribution in [3.05, 3.63) is 47.8 Å². The number of amides is 1. The molecule has 7 nitrogen and oxygen atoms in total. The van der Waals surface area contributed by atoms with Gasteiger partial charge < -0.3 is 14.6 Å². The number of nitrogens with one attached hydrogen (secondary N) is 2. The van der Waals surface area contributed by atoms with Crippen molar-refractivity contribution in [1.82, 2.24) is 15.3 Å². The molecule has 148 valence electrons. The number of nitrogens with zero attached hydrogens (tertiary/aromatic N) is 3. The molecule has 2 aliphatic rings. The second kappa shape index (κ2) is 9.16. The molecule has 28 heavy (non-hydrogen) atoms. The molecule has 0 unspecified atom stereocenters. The number of hydrogen-bond donors (Lipinski definition) is 2. The molecule has 0 radical (unpaired) electrons. The summed E-state index contributed by atoms with van der Waals surface area (Å²) < 4.78 is 5.22. The quantitative estimate of drug-likeness (QED) is 0.795. The summed E-state index contributed by atoms with van der Waals surface area (Å²) in [5.41, 5.74) is 6.25. The fourth-order valence-electron chi connectivity index (χ4n) is 3.09. The maximum Gasteiger partial charge on any atom is 0.270 e. The summed E-state index contributed by atoms with van der Waals surface area (Å²) in [4.78, 5) is 22.0. The van der Waals surface area contributed by atoms with Gasteiger partial charge >= 0.3 is 0 Å². The van der Waals surface area contributed by atoms with Crippen molar-refractivity contribution in [2.45, 2.75) is 12.8 Å². The molecule has 0 spiro atoms. The van der Waals surface area contributed by atoms with Crippen LogP contribution in [0.25, 0.3) is 0 Å². The van der Waals surface area contributed by atoms with Crippen LogP contribution >= 0.6 is 24.2 Å². The zero-order valence-electron chi connectivity index (χ0n) is 15.5. The van der Waals surface area contributed by atoms with Gasteiger partial charge in [0.2, 0.25) is 0 Å².